The van der Waals surface area contributed by atoms with Crippen molar-refractivity contribution in [3.05, 3.63) is 21.9 Å². The van der Waals surface area contributed by atoms with Crippen LogP contribution in [0.25, 0.3) is 0 Å². The van der Waals surface area contributed by atoms with Crippen molar-refractivity contribution < 1.29 is 4.79 Å². The summed E-state index contributed by atoms with van der Waals surface area (Å²) >= 11 is 11.4. The Labute approximate surface area is 86.1 Å². The van der Waals surface area contributed by atoms with E-state index in [2.05, 4.69) is 10.2 Å². The third-order valence-corrected chi connectivity index (χ3v) is 2.04. The molecule has 1 aromatic heterocycles. The molecular formula is C8H8Cl2N2O. The second kappa shape index (κ2) is 4.53. The van der Waals surface area contributed by atoms with Gasteiger partial charge in [-0.05, 0) is 25.0 Å². The number of hydrogen-bond acceptors (Lipinski definition) is 3. The van der Waals surface area contributed by atoms with Gasteiger partial charge in [-0.15, -0.1) is 10.2 Å². The molecule has 1 aromatic rings. The summed E-state index contributed by atoms with van der Waals surface area (Å²) in [7, 11) is 0. The number of Topliss-reactive ketones (excluding diaryl/α,β-unsaturated/α-hetero) is 1. The molecule has 0 amide bonds. The highest BCUT2D eigenvalue weighted by Gasteiger charge is 2.04. The molecule has 0 spiro atoms. The number of aryl methyl sites for hydroxylation is 1. The monoisotopic (exact) mass is 218 g/mol. The zero-order chi connectivity index (χ0) is 9.84. The zero-order valence-electron chi connectivity index (χ0n) is 7.05. The third kappa shape index (κ3) is 3.28. The van der Waals surface area contributed by atoms with Crippen LogP contribution >= 0.6 is 23.2 Å². The molecule has 0 bridgehead atoms. The third-order valence-electron chi connectivity index (χ3n) is 1.54. The zero-order valence-corrected chi connectivity index (χ0v) is 8.56. The van der Waals surface area contributed by atoms with Crippen molar-refractivity contribution in [3.8, 4) is 0 Å². The van der Waals surface area contributed by atoms with Crippen LogP contribution in [0, 0.1) is 0 Å². The van der Waals surface area contributed by atoms with Crippen LogP contribution < -0.4 is 0 Å². The van der Waals surface area contributed by atoms with Crippen molar-refractivity contribution in [1.29, 1.82) is 0 Å². The summed E-state index contributed by atoms with van der Waals surface area (Å²) in [4.78, 5) is 10.7. The van der Waals surface area contributed by atoms with E-state index in [4.69, 9.17) is 23.2 Å². The minimum Gasteiger partial charge on any atom is -0.300 e. The number of halogens is 2. The van der Waals surface area contributed by atoms with Crippen LogP contribution in [0.5, 0.6) is 0 Å². The van der Waals surface area contributed by atoms with E-state index in [1.807, 2.05) is 0 Å². The van der Waals surface area contributed by atoms with Crippen LogP contribution in [-0.2, 0) is 11.2 Å². The molecule has 0 unspecified atom stereocenters. The Bertz CT molecular complexity index is 328. The minimum atomic E-state index is 0.115. The van der Waals surface area contributed by atoms with Gasteiger partial charge in [0.25, 0.3) is 0 Å². The van der Waals surface area contributed by atoms with Gasteiger partial charge in [0.15, 0.2) is 10.3 Å². The molecule has 0 aliphatic rings. The van der Waals surface area contributed by atoms with Gasteiger partial charge in [0.2, 0.25) is 0 Å². The Balaban J connectivity index is 2.75. The summed E-state index contributed by atoms with van der Waals surface area (Å²) in [5.74, 6) is 0.115. The number of rotatable bonds is 3. The summed E-state index contributed by atoms with van der Waals surface area (Å²) in [6.45, 7) is 1.53. The molecule has 1 rings (SSSR count). The van der Waals surface area contributed by atoms with Crippen LogP contribution in [0.15, 0.2) is 6.07 Å². The lowest BCUT2D eigenvalue weighted by atomic mass is 10.1. The Hall–Kier alpha value is -0.670. The van der Waals surface area contributed by atoms with Crippen molar-refractivity contribution in [3.63, 3.8) is 0 Å². The van der Waals surface area contributed by atoms with Crippen LogP contribution in [0.1, 0.15) is 18.9 Å². The molecule has 0 atom stereocenters. The predicted molar refractivity (Wildman–Crippen MR) is 51.1 cm³/mol. The maximum Gasteiger partial charge on any atom is 0.155 e. The first-order valence-corrected chi connectivity index (χ1v) is 4.52. The topological polar surface area (TPSA) is 42.9 Å². The Morgan fingerprint density at radius 3 is 2.77 bits per heavy atom. The molecule has 0 aromatic carbocycles. The highest BCUT2D eigenvalue weighted by molar-refractivity contribution is 6.31. The molecule has 0 fully saturated rings. The van der Waals surface area contributed by atoms with Gasteiger partial charge in [0.1, 0.15) is 5.78 Å². The first kappa shape index (κ1) is 10.4. The van der Waals surface area contributed by atoms with Gasteiger partial charge < -0.3 is 4.79 Å². The van der Waals surface area contributed by atoms with E-state index < -0.39 is 0 Å². The lowest BCUT2D eigenvalue weighted by Gasteiger charge is -2.00. The van der Waals surface area contributed by atoms with E-state index in [9.17, 15) is 4.79 Å². The molecule has 0 saturated heterocycles. The van der Waals surface area contributed by atoms with Crippen LogP contribution in [0.2, 0.25) is 10.3 Å². The first-order valence-electron chi connectivity index (χ1n) is 3.76. The summed E-state index contributed by atoms with van der Waals surface area (Å²) in [5.41, 5.74) is 0.761. The lowest BCUT2D eigenvalue weighted by molar-refractivity contribution is -0.116. The van der Waals surface area contributed by atoms with Gasteiger partial charge in [-0.25, -0.2) is 0 Å². The van der Waals surface area contributed by atoms with Crippen LogP contribution in [0.3, 0.4) is 0 Å². The molecule has 70 valence electrons. The Morgan fingerprint density at radius 2 is 2.15 bits per heavy atom. The fraction of sp³-hybridized carbons (Fsp3) is 0.375. The number of carbonyl (C=O) groups is 1. The minimum absolute atomic E-state index is 0.115. The van der Waals surface area contributed by atoms with Gasteiger partial charge in [0, 0.05) is 6.42 Å². The van der Waals surface area contributed by atoms with E-state index in [1.165, 1.54) is 6.92 Å². The molecule has 13 heavy (non-hydrogen) atoms. The number of aromatic nitrogens is 2. The number of nitrogens with zero attached hydrogens (tertiary/aromatic N) is 2. The summed E-state index contributed by atoms with van der Waals surface area (Å²) < 4.78 is 0. The largest absolute Gasteiger partial charge is 0.300 e. The SMILES string of the molecule is CC(=O)CCc1cc(Cl)nnc1Cl. The average molecular weight is 219 g/mol. The summed E-state index contributed by atoms with van der Waals surface area (Å²) in [6, 6.07) is 1.62. The first-order chi connectivity index (χ1) is 6.09. The molecular weight excluding hydrogens is 211 g/mol. The second-order valence-electron chi connectivity index (χ2n) is 2.69. The molecule has 3 nitrogen and oxygen atoms in total. The summed E-state index contributed by atoms with van der Waals surface area (Å²) in [5, 5.41) is 7.80. The highest BCUT2D eigenvalue weighted by Crippen LogP contribution is 2.16. The number of ketones is 1. The van der Waals surface area contributed by atoms with E-state index in [-0.39, 0.29) is 5.78 Å². The van der Waals surface area contributed by atoms with Crippen molar-refractivity contribution in [2.45, 2.75) is 19.8 Å². The molecule has 0 N–H and O–H groups in total. The van der Waals surface area contributed by atoms with Crippen LogP contribution in [0.4, 0.5) is 0 Å². The smallest absolute Gasteiger partial charge is 0.155 e. The maximum atomic E-state index is 10.7. The molecule has 1 heterocycles. The molecule has 0 aliphatic carbocycles. The van der Waals surface area contributed by atoms with Gasteiger partial charge in [-0.1, -0.05) is 23.2 Å². The van der Waals surface area contributed by atoms with Gasteiger partial charge >= 0.3 is 0 Å². The van der Waals surface area contributed by atoms with Crippen molar-refractivity contribution in [2.75, 3.05) is 0 Å². The fourth-order valence-electron chi connectivity index (χ4n) is 0.874. The van der Waals surface area contributed by atoms with Crippen molar-refractivity contribution >= 4 is 29.0 Å². The highest BCUT2D eigenvalue weighted by atomic mass is 35.5. The molecule has 5 heteroatoms. The lowest BCUT2D eigenvalue weighted by Crippen LogP contribution is -1.97. The van der Waals surface area contributed by atoms with Crippen LogP contribution in [-0.4, -0.2) is 16.0 Å². The molecule has 0 aliphatic heterocycles. The predicted octanol–water partition coefficient (Wildman–Crippen LogP) is 2.31. The summed E-state index contributed by atoms with van der Waals surface area (Å²) in [6.07, 6.45) is 1.01. The normalized spacial score (nSPS) is 10.1. The maximum absolute atomic E-state index is 10.7. The number of hydrogen-bond donors (Lipinski definition) is 0. The number of carbonyl (C=O) groups excluding carboxylic acids is 1. The van der Waals surface area contributed by atoms with Gasteiger partial charge in [0.05, 0.1) is 0 Å². The Kier molecular flexibility index (Phi) is 3.63. The van der Waals surface area contributed by atoms with E-state index >= 15 is 0 Å². The van der Waals surface area contributed by atoms with Gasteiger partial charge in [-0.3, -0.25) is 0 Å². The standard InChI is InChI=1S/C8H8Cl2N2O/c1-5(13)2-3-6-4-7(9)11-12-8(6)10/h4H,2-3H2,1H3. The second-order valence-corrected chi connectivity index (χ2v) is 3.43. The van der Waals surface area contributed by atoms with Crippen molar-refractivity contribution in [2.24, 2.45) is 0 Å². The van der Waals surface area contributed by atoms with Gasteiger partial charge in [-0.2, -0.15) is 0 Å². The van der Waals surface area contributed by atoms with E-state index in [0.29, 0.717) is 23.1 Å². The van der Waals surface area contributed by atoms with Crippen molar-refractivity contribution in [1.82, 2.24) is 10.2 Å². The quantitative estimate of drug-likeness (QED) is 0.783. The van der Waals surface area contributed by atoms with E-state index in [1.54, 1.807) is 6.07 Å². The Morgan fingerprint density at radius 1 is 1.46 bits per heavy atom. The van der Waals surface area contributed by atoms with E-state index in [0.717, 1.165) is 5.56 Å². The molecule has 0 saturated carbocycles. The fourth-order valence-corrected chi connectivity index (χ4v) is 1.23. The molecule has 0 radical (unpaired) electrons. The average Bonchev–Trinajstić information content (AvgIpc) is 2.06.